The smallest absolute Gasteiger partial charge is 0.223 e. The summed E-state index contributed by atoms with van der Waals surface area (Å²) in [5.74, 6) is -0.142. The highest BCUT2D eigenvalue weighted by atomic mass is 32.1. The third-order valence-electron chi connectivity index (χ3n) is 2.52. The molecule has 1 N–H and O–H groups in total. The van der Waals surface area contributed by atoms with E-state index in [2.05, 4.69) is 10.3 Å². The SMILES string of the molecule is CC(=O)Nc1nc2c(s1)C(=O)/C(=C\N(C)C)CC2. The number of hydrogen-bond donors (Lipinski definition) is 1. The first-order valence-corrected chi connectivity index (χ1v) is 6.48. The van der Waals surface area contributed by atoms with Gasteiger partial charge in [0.15, 0.2) is 5.13 Å². The molecule has 5 nitrogen and oxygen atoms in total. The molecular weight excluding hydrogens is 250 g/mol. The Morgan fingerprint density at radius 1 is 1.44 bits per heavy atom. The number of amides is 1. The van der Waals surface area contributed by atoms with Crippen molar-refractivity contribution in [1.29, 1.82) is 0 Å². The number of carbonyl (C=O) groups excluding carboxylic acids is 2. The number of nitrogens with zero attached hydrogens (tertiary/aromatic N) is 2. The summed E-state index contributed by atoms with van der Waals surface area (Å²) in [6, 6.07) is 0. The quantitative estimate of drug-likeness (QED) is 0.826. The summed E-state index contributed by atoms with van der Waals surface area (Å²) < 4.78 is 0. The van der Waals surface area contributed by atoms with Gasteiger partial charge in [-0.1, -0.05) is 11.3 Å². The van der Waals surface area contributed by atoms with Crippen LogP contribution < -0.4 is 5.32 Å². The molecule has 96 valence electrons. The predicted molar refractivity (Wildman–Crippen MR) is 70.8 cm³/mol. The molecule has 6 heteroatoms. The molecule has 1 heterocycles. The van der Waals surface area contributed by atoms with Crippen molar-refractivity contribution in [3.05, 3.63) is 22.3 Å². The Morgan fingerprint density at radius 2 is 2.17 bits per heavy atom. The molecule has 0 bridgehead atoms. The minimum absolute atomic E-state index is 0.0269. The van der Waals surface area contributed by atoms with Crippen LogP contribution in [-0.2, 0) is 11.2 Å². The largest absolute Gasteiger partial charge is 0.383 e. The van der Waals surface area contributed by atoms with E-state index in [9.17, 15) is 9.59 Å². The fourth-order valence-electron chi connectivity index (χ4n) is 1.85. The van der Waals surface area contributed by atoms with Gasteiger partial charge in [-0.15, -0.1) is 0 Å². The highest BCUT2D eigenvalue weighted by molar-refractivity contribution is 7.18. The highest BCUT2D eigenvalue weighted by Gasteiger charge is 2.26. The Morgan fingerprint density at radius 3 is 2.78 bits per heavy atom. The summed E-state index contributed by atoms with van der Waals surface area (Å²) in [4.78, 5) is 30.0. The maximum atomic E-state index is 12.2. The van der Waals surface area contributed by atoms with E-state index >= 15 is 0 Å². The monoisotopic (exact) mass is 265 g/mol. The van der Waals surface area contributed by atoms with Crippen molar-refractivity contribution < 1.29 is 9.59 Å². The minimum atomic E-state index is -0.169. The zero-order valence-electron chi connectivity index (χ0n) is 10.6. The number of allylic oxidation sites excluding steroid dienone is 1. The summed E-state index contributed by atoms with van der Waals surface area (Å²) in [6.45, 7) is 1.43. The van der Waals surface area contributed by atoms with Gasteiger partial charge in [-0.25, -0.2) is 4.98 Å². The number of rotatable bonds is 2. The third kappa shape index (κ3) is 2.59. The molecule has 0 saturated heterocycles. The average Bonchev–Trinajstić information content (AvgIpc) is 2.64. The maximum Gasteiger partial charge on any atom is 0.223 e. The van der Waals surface area contributed by atoms with Gasteiger partial charge < -0.3 is 10.2 Å². The molecule has 1 aromatic heterocycles. The number of carbonyl (C=O) groups is 2. The predicted octanol–water partition coefficient (Wildman–Crippen LogP) is 1.68. The van der Waals surface area contributed by atoms with Crippen molar-refractivity contribution >= 4 is 28.2 Å². The molecule has 1 aromatic rings. The molecule has 1 aliphatic rings. The second kappa shape index (κ2) is 4.89. The standard InChI is InChI=1S/C12H15N3O2S/c1-7(16)13-12-14-9-5-4-8(6-15(2)3)10(17)11(9)18-12/h6H,4-5H2,1-3H3,(H,13,14,16)/b8-6-. The van der Waals surface area contributed by atoms with E-state index in [-0.39, 0.29) is 11.7 Å². The molecule has 18 heavy (non-hydrogen) atoms. The number of Topliss-reactive ketones (excluding diaryl/α,β-unsaturated/α-hetero) is 1. The lowest BCUT2D eigenvalue weighted by Gasteiger charge is -2.14. The Hall–Kier alpha value is -1.69. The van der Waals surface area contributed by atoms with E-state index in [1.54, 1.807) is 0 Å². The lowest BCUT2D eigenvalue weighted by atomic mass is 9.96. The molecule has 0 radical (unpaired) electrons. The first-order valence-electron chi connectivity index (χ1n) is 5.66. The number of aryl methyl sites for hydroxylation is 1. The number of aromatic nitrogens is 1. The van der Waals surface area contributed by atoms with E-state index in [1.807, 2.05) is 25.2 Å². The summed E-state index contributed by atoms with van der Waals surface area (Å²) >= 11 is 1.25. The first-order chi connectivity index (χ1) is 8.47. The van der Waals surface area contributed by atoms with Gasteiger partial charge in [0.2, 0.25) is 11.7 Å². The molecule has 0 spiro atoms. The van der Waals surface area contributed by atoms with E-state index in [1.165, 1.54) is 18.3 Å². The average molecular weight is 265 g/mol. The van der Waals surface area contributed by atoms with Crippen LogP contribution in [-0.4, -0.2) is 35.7 Å². The van der Waals surface area contributed by atoms with Crippen LogP contribution in [0.25, 0.3) is 0 Å². The molecule has 0 unspecified atom stereocenters. The molecular formula is C12H15N3O2S. The zero-order valence-corrected chi connectivity index (χ0v) is 11.4. The minimum Gasteiger partial charge on any atom is -0.383 e. The Balaban J connectivity index is 2.29. The van der Waals surface area contributed by atoms with Crippen molar-refractivity contribution in [1.82, 2.24) is 9.88 Å². The van der Waals surface area contributed by atoms with Crippen LogP contribution >= 0.6 is 11.3 Å². The lowest BCUT2D eigenvalue weighted by molar-refractivity contribution is -0.114. The summed E-state index contributed by atoms with van der Waals surface area (Å²) in [5, 5.41) is 3.13. The van der Waals surface area contributed by atoms with Crippen molar-refractivity contribution in [2.24, 2.45) is 0 Å². The highest BCUT2D eigenvalue weighted by Crippen LogP contribution is 2.32. The van der Waals surface area contributed by atoms with Crippen molar-refractivity contribution in [2.45, 2.75) is 19.8 Å². The van der Waals surface area contributed by atoms with E-state index < -0.39 is 0 Å². The van der Waals surface area contributed by atoms with Crippen LogP contribution in [0.4, 0.5) is 5.13 Å². The second-order valence-corrected chi connectivity index (χ2v) is 5.42. The van der Waals surface area contributed by atoms with Crippen LogP contribution in [0.5, 0.6) is 0 Å². The Labute approximate surface area is 110 Å². The number of hydrogen-bond acceptors (Lipinski definition) is 5. The van der Waals surface area contributed by atoms with Crippen LogP contribution in [0.1, 0.15) is 28.7 Å². The molecule has 1 aliphatic carbocycles. The van der Waals surface area contributed by atoms with Crippen LogP contribution in [0.2, 0.25) is 0 Å². The molecule has 0 fully saturated rings. The summed E-state index contributed by atoms with van der Waals surface area (Å²) in [7, 11) is 3.79. The van der Waals surface area contributed by atoms with Gasteiger partial charge in [0, 0.05) is 32.8 Å². The third-order valence-corrected chi connectivity index (χ3v) is 3.54. The van der Waals surface area contributed by atoms with E-state index in [0.29, 0.717) is 16.4 Å². The van der Waals surface area contributed by atoms with Crippen LogP contribution in [0.15, 0.2) is 11.8 Å². The molecule has 2 rings (SSSR count). The molecule has 0 aromatic carbocycles. The first kappa shape index (κ1) is 12.8. The van der Waals surface area contributed by atoms with Gasteiger partial charge in [0.05, 0.1) is 10.6 Å². The number of ketones is 1. The van der Waals surface area contributed by atoms with Crippen molar-refractivity contribution in [3.63, 3.8) is 0 Å². The van der Waals surface area contributed by atoms with E-state index in [0.717, 1.165) is 17.7 Å². The summed E-state index contributed by atoms with van der Waals surface area (Å²) in [5.41, 5.74) is 1.59. The van der Waals surface area contributed by atoms with Gasteiger partial charge in [-0.3, -0.25) is 9.59 Å². The number of thiazole rings is 1. The van der Waals surface area contributed by atoms with Gasteiger partial charge >= 0.3 is 0 Å². The van der Waals surface area contributed by atoms with Gasteiger partial charge in [0.1, 0.15) is 0 Å². The lowest BCUT2D eigenvalue weighted by Crippen LogP contribution is -2.15. The van der Waals surface area contributed by atoms with E-state index in [4.69, 9.17) is 0 Å². The topological polar surface area (TPSA) is 62.3 Å². The Bertz CT molecular complexity index is 531. The van der Waals surface area contributed by atoms with Gasteiger partial charge in [0.25, 0.3) is 0 Å². The summed E-state index contributed by atoms with van der Waals surface area (Å²) in [6.07, 6.45) is 3.30. The van der Waals surface area contributed by atoms with Crippen LogP contribution in [0.3, 0.4) is 0 Å². The van der Waals surface area contributed by atoms with Crippen molar-refractivity contribution in [2.75, 3.05) is 19.4 Å². The molecule has 0 saturated carbocycles. The molecule has 0 aliphatic heterocycles. The van der Waals surface area contributed by atoms with Crippen LogP contribution in [0, 0.1) is 0 Å². The van der Waals surface area contributed by atoms with Gasteiger partial charge in [-0.05, 0) is 12.8 Å². The second-order valence-electron chi connectivity index (χ2n) is 4.42. The zero-order chi connectivity index (χ0) is 13.3. The maximum absolute atomic E-state index is 12.2. The normalized spacial score (nSPS) is 16.6. The number of anilines is 1. The Kier molecular flexibility index (Phi) is 3.47. The molecule has 1 amide bonds. The fraction of sp³-hybridized carbons (Fsp3) is 0.417. The number of fused-ring (bicyclic) bond motifs is 1. The number of nitrogens with one attached hydrogen (secondary N) is 1. The fourth-order valence-corrected chi connectivity index (χ4v) is 2.88. The molecule has 0 atom stereocenters. The van der Waals surface area contributed by atoms with Gasteiger partial charge in [-0.2, -0.15) is 0 Å². The van der Waals surface area contributed by atoms with Crippen molar-refractivity contribution in [3.8, 4) is 0 Å².